The molecule has 1 spiro atoms. The minimum Gasteiger partial charge on any atom is -0.278 e. The SMILES string of the molecule is C[C@@H]1[C@@H](C(=O)N(C=O)c2ccccc2)[C@@H]2C=C[C@H]1C21CC1. The standard InChI is InChI=1S/C18H19NO2/c1-12-14-7-8-15(18(14)9-10-18)16(12)17(21)19(11-20)13-5-3-2-4-6-13/h2-8,11-12,14-16H,9-10H2,1H3/t12-,14+,15-,16+/m0/s1. The predicted octanol–water partition coefficient (Wildman–Crippen LogP) is 3.02. The molecule has 4 atom stereocenters. The van der Waals surface area contributed by atoms with Crippen LogP contribution < -0.4 is 4.90 Å². The second-order valence-electron chi connectivity index (χ2n) is 6.70. The lowest BCUT2D eigenvalue weighted by atomic mass is 9.83. The van der Waals surface area contributed by atoms with Crippen LogP contribution in [0, 0.1) is 29.1 Å². The number of hydrogen-bond acceptors (Lipinski definition) is 2. The average Bonchev–Trinajstić information content (AvgIpc) is 3.16. The Balaban J connectivity index is 1.66. The highest BCUT2D eigenvalue weighted by Gasteiger charge is 2.67. The molecule has 1 aromatic carbocycles. The molecular weight excluding hydrogens is 262 g/mol. The Labute approximate surface area is 124 Å². The van der Waals surface area contributed by atoms with E-state index in [2.05, 4.69) is 19.1 Å². The van der Waals surface area contributed by atoms with Crippen molar-refractivity contribution in [2.24, 2.45) is 29.1 Å². The summed E-state index contributed by atoms with van der Waals surface area (Å²) >= 11 is 0. The minimum absolute atomic E-state index is 0.0353. The van der Waals surface area contributed by atoms with Crippen molar-refractivity contribution in [3.63, 3.8) is 0 Å². The van der Waals surface area contributed by atoms with E-state index in [-0.39, 0.29) is 11.8 Å². The monoisotopic (exact) mass is 281 g/mol. The van der Waals surface area contributed by atoms with E-state index in [1.807, 2.05) is 30.3 Å². The van der Waals surface area contributed by atoms with Crippen LogP contribution in [0.4, 0.5) is 5.69 Å². The van der Waals surface area contributed by atoms with Crippen molar-refractivity contribution in [1.29, 1.82) is 0 Å². The molecule has 2 amide bonds. The van der Waals surface area contributed by atoms with Crippen LogP contribution in [0.2, 0.25) is 0 Å². The molecular formula is C18H19NO2. The molecule has 1 aromatic rings. The van der Waals surface area contributed by atoms with Gasteiger partial charge in [0, 0.05) is 5.92 Å². The smallest absolute Gasteiger partial charge is 0.237 e. The molecule has 2 fully saturated rings. The maximum atomic E-state index is 13.0. The molecule has 3 nitrogen and oxygen atoms in total. The van der Waals surface area contributed by atoms with Crippen molar-refractivity contribution in [3.05, 3.63) is 42.5 Å². The van der Waals surface area contributed by atoms with Crippen molar-refractivity contribution in [2.75, 3.05) is 4.90 Å². The van der Waals surface area contributed by atoms with E-state index >= 15 is 0 Å². The summed E-state index contributed by atoms with van der Waals surface area (Å²) in [6.45, 7) is 2.17. The summed E-state index contributed by atoms with van der Waals surface area (Å²) in [6, 6.07) is 9.22. The molecule has 0 radical (unpaired) electrons. The number of carbonyl (C=O) groups excluding carboxylic acids is 2. The van der Waals surface area contributed by atoms with Gasteiger partial charge in [0.1, 0.15) is 0 Å². The van der Waals surface area contributed by atoms with Crippen molar-refractivity contribution >= 4 is 18.0 Å². The molecule has 0 saturated heterocycles. The third-order valence-electron chi connectivity index (χ3n) is 5.86. The molecule has 2 bridgehead atoms. The second kappa shape index (κ2) is 4.30. The molecule has 2 saturated carbocycles. The van der Waals surface area contributed by atoms with Gasteiger partial charge in [0.05, 0.1) is 5.69 Å². The van der Waals surface area contributed by atoms with E-state index in [1.165, 1.54) is 17.7 Å². The highest BCUT2D eigenvalue weighted by Crippen LogP contribution is 2.72. The van der Waals surface area contributed by atoms with Crippen LogP contribution in [0.15, 0.2) is 42.5 Å². The van der Waals surface area contributed by atoms with Crippen molar-refractivity contribution in [3.8, 4) is 0 Å². The van der Waals surface area contributed by atoms with Crippen LogP contribution in [0.3, 0.4) is 0 Å². The van der Waals surface area contributed by atoms with Crippen molar-refractivity contribution in [1.82, 2.24) is 0 Å². The number of amides is 2. The number of imide groups is 1. The van der Waals surface area contributed by atoms with Gasteiger partial charge in [0.2, 0.25) is 12.3 Å². The van der Waals surface area contributed by atoms with Gasteiger partial charge in [-0.15, -0.1) is 0 Å². The quantitative estimate of drug-likeness (QED) is 0.631. The number of para-hydroxylation sites is 1. The lowest BCUT2D eigenvalue weighted by Gasteiger charge is -2.27. The largest absolute Gasteiger partial charge is 0.278 e. The molecule has 4 rings (SSSR count). The number of rotatable bonds is 3. The van der Waals surface area contributed by atoms with E-state index in [9.17, 15) is 9.59 Å². The van der Waals surface area contributed by atoms with Crippen LogP contribution in [-0.4, -0.2) is 12.3 Å². The Bertz CT molecular complexity index is 617. The second-order valence-corrected chi connectivity index (χ2v) is 6.70. The summed E-state index contributed by atoms with van der Waals surface area (Å²) in [5.74, 6) is 1.11. The summed E-state index contributed by atoms with van der Waals surface area (Å²) in [5.41, 5.74) is 1.02. The maximum Gasteiger partial charge on any atom is 0.237 e. The Morgan fingerprint density at radius 2 is 1.86 bits per heavy atom. The van der Waals surface area contributed by atoms with Crippen LogP contribution in [0.25, 0.3) is 0 Å². The number of hydrogen-bond donors (Lipinski definition) is 0. The van der Waals surface area contributed by atoms with E-state index < -0.39 is 0 Å². The van der Waals surface area contributed by atoms with Gasteiger partial charge in [-0.3, -0.25) is 14.5 Å². The first-order valence-corrected chi connectivity index (χ1v) is 7.71. The van der Waals surface area contributed by atoms with Gasteiger partial charge >= 0.3 is 0 Å². The Morgan fingerprint density at radius 3 is 2.43 bits per heavy atom. The van der Waals surface area contributed by atoms with Crippen LogP contribution >= 0.6 is 0 Å². The fourth-order valence-electron chi connectivity index (χ4n) is 4.75. The zero-order valence-corrected chi connectivity index (χ0v) is 12.1. The van der Waals surface area contributed by atoms with Crippen LogP contribution in [0.1, 0.15) is 19.8 Å². The first-order chi connectivity index (χ1) is 10.2. The molecule has 3 heteroatoms. The molecule has 108 valence electrons. The maximum absolute atomic E-state index is 13.0. The summed E-state index contributed by atoms with van der Waals surface area (Å²) in [4.78, 5) is 25.7. The molecule has 3 aliphatic carbocycles. The first-order valence-electron chi connectivity index (χ1n) is 7.71. The van der Waals surface area contributed by atoms with Crippen LogP contribution in [0.5, 0.6) is 0 Å². The normalized spacial score (nSPS) is 34.1. The fraction of sp³-hybridized carbons (Fsp3) is 0.444. The summed E-state index contributed by atoms with van der Waals surface area (Å²) in [5, 5.41) is 0. The average molecular weight is 281 g/mol. The third-order valence-corrected chi connectivity index (χ3v) is 5.86. The van der Waals surface area contributed by atoms with E-state index in [1.54, 1.807) is 0 Å². The zero-order chi connectivity index (χ0) is 14.6. The topological polar surface area (TPSA) is 37.4 Å². The van der Waals surface area contributed by atoms with Gasteiger partial charge < -0.3 is 0 Å². The number of anilines is 1. The minimum atomic E-state index is -0.0482. The number of allylic oxidation sites excluding steroid dienone is 2. The van der Waals surface area contributed by atoms with Gasteiger partial charge in [-0.05, 0) is 48.1 Å². The lowest BCUT2D eigenvalue weighted by Crippen LogP contribution is -2.39. The lowest BCUT2D eigenvalue weighted by molar-refractivity contribution is -0.126. The van der Waals surface area contributed by atoms with Gasteiger partial charge in [-0.25, -0.2) is 0 Å². The molecule has 0 N–H and O–H groups in total. The van der Waals surface area contributed by atoms with Gasteiger partial charge in [-0.1, -0.05) is 37.3 Å². The van der Waals surface area contributed by atoms with Crippen molar-refractivity contribution < 1.29 is 9.59 Å². The highest BCUT2D eigenvalue weighted by atomic mass is 16.2. The molecule has 21 heavy (non-hydrogen) atoms. The first kappa shape index (κ1) is 12.8. The Morgan fingerprint density at radius 1 is 1.19 bits per heavy atom. The van der Waals surface area contributed by atoms with Gasteiger partial charge in [0.25, 0.3) is 0 Å². The zero-order valence-electron chi connectivity index (χ0n) is 12.1. The number of carbonyl (C=O) groups is 2. The highest BCUT2D eigenvalue weighted by molar-refractivity contribution is 6.08. The van der Waals surface area contributed by atoms with Gasteiger partial charge in [-0.2, -0.15) is 0 Å². The number of benzene rings is 1. The molecule has 0 heterocycles. The van der Waals surface area contributed by atoms with Crippen LogP contribution in [-0.2, 0) is 9.59 Å². The molecule has 0 unspecified atom stereocenters. The van der Waals surface area contributed by atoms with E-state index in [0.717, 1.165) is 0 Å². The molecule has 0 aromatic heterocycles. The van der Waals surface area contributed by atoms with Crippen molar-refractivity contribution in [2.45, 2.75) is 19.8 Å². The fourth-order valence-corrected chi connectivity index (χ4v) is 4.75. The summed E-state index contributed by atoms with van der Waals surface area (Å²) < 4.78 is 0. The predicted molar refractivity (Wildman–Crippen MR) is 80.4 cm³/mol. The molecule has 3 aliphatic rings. The number of nitrogens with zero attached hydrogens (tertiary/aromatic N) is 1. The Kier molecular flexibility index (Phi) is 2.62. The summed E-state index contributed by atoms with van der Waals surface area (Å²) in [7, 11) is 0. The molecule has 0 aliphatic heterocycles. The Hall–Kier alpha value is -1.90. The summed E-state index contributed by atoms with van der Waals surface area (Å²) in [6.07, 6.45) is 7.67. The van der Waals surface area contributed by atoms with E-state index in [0.29, 0.717) is 35.3 Å². The van der Waals surface area contributed by atoms with Gasteiger partial charge in [0.15, 0.2) is 0 Å². The van der Waals surface area contributed by atoms with E-state index in [4.69, 9.17) is 0 Å². The third kappa shape index (κ3) is 1.60.